The predicted octanol–water partition coefficient (Wildman–Crippen LogP) is 5.55. The standard InChI is InChI=1S/C22H12/c1-5-15-16-6-3-13-10-14-4-8-18(22(16)20(13)14)17-7-2-12-9-11(1)19(12)21(15)17/h1-8H,9-10H2. The maximum Gasteiger partial charge on any atom is -0.00132 e. The van der Waals surface area contributed by atoms with E-state index in [9.17, 15) is 0 Å². The van der Waals surface area contributed by atoms with Crippen LogP contribution in [0, 0.1) is 0 Å². The number of hydrogen-bond acceptors (Lipinski definition) is 0. The van der Waals surface area contributed by atoms with Crippen molar-refractivity contribution in [2.75, 3.05) is 0 Å². The third-order valence-corrected chi connectivity index (χ3v) is 6.01. The third-order valence-electron chi connectivity index (χ3n) is 6.01. The topological polar surface area (TPSA) is 0 Å². The normalized spacial score (nSPS) is 14.9. The van der Waals surface area contributed by atoms with Crippen LogP contribution in [0.5, 0.6) is 0 Å². The highest BCUT2D eigenvalue weighted by atomic mass is 14.3. The van der Waals surface area contributed by atoms with E-state index in [1.165, 1.54) is 65.3 Å². The van der Waals surface area contributed by atoms with E-state index in [4.69, 9.17) is 0 Å². The average Bonchev–Trinajstić information content (AvgIpc) is 2.49. The number of rotatable bonds is 0. The summed E-state index contributed by atoms with van der Waals surface area (Å²) >= 11 is 0. The van der Waals surface area contributed by atoms with Gasteiger partial charge in [-0.15, -0.1) is 0 Å². The summed E-state index contributed by atoms with van der Waals surface area (Å²) in [5, 5.41) is 11.8. The zero-order valence-electron chi connectivity index (χ0n) is 12.0. The van der Waals surface area contributed by atoms with Crippen LogP contribution in [0.1, 0.15) is 22.3 Å². The fourth-order valence-corrected chi connectivity index (χ4v) is 4.97. The molecule has 0 N–H and O–H groups in total. The van der Waals surface area contributed by atoms with Crippen molar-refractivity contribution in [2.24, 2.45) is 0 Å². The molecule has 5 aromatic rings. The molecular formula is C22H12. The van der Waals surface area contributed by atoms with Gasteiger partial charge in [-0.05, 0) is 78.2 Å². The lowest BCUT2D eigenvalue weighted by atomic mass is 9.76. The number of benzene rings is 5. The van der Waals surface area contributed by atoms with Crippen molar-refractivity contribution in [3.8, 4) is 0 Å². The van der Waals surface area contributed by atoms with Crippen LogP contribution in [0.3, 0.4) is 0 Å². The lowest BCUT2D eigenvalue weighted by Crippen LogP contribution is -2.06. The molecule has 0 saturated heterocycles. The van der Waals surface area contributed by atoms with Crippen molar-refractivity contribution in [1.82, 2.24) is 0 Å². The number of fused-ring (bicyclic) bond motifs is 2. The van der Waals surface area contributed by atoms with Gasteiger partial charge in [-0.1, -0.05) is 48.5 Å². The Balaban J connectivity index is 1.96. The van der Waals surface area contributed by atoms with Gasteiger partial charge in [-0.2, -0.15) is 0 Å². The summed E-state index contributed by atoms with van der Waals surface area (Å²) in [6.07, 6.45) is 2.29. The Kier molecular flexibility index (Phi) is 1.37. The first kappa shape index (κ1) is 10.2. The average molecular weight is 276 g/mol. The van der Waals surface area contributed by atoms with Gasteiger partial charge in [0, 0.05) is 0 Å². The van der Waals surface area contributed by atoms with Crippen molar-refractivity contribution in [2.45, 2.75) is 12.8 Å². The maximum absolute atomic E-state index is 2.36. The van der Waals surface area contributed by atoms with Gasteiger partial charge in [0.1, 0.15) is 0 Å². The van der Waals surface area contributed by atoms with E-state index in [0.29, 0.717) is 0 Å². The molecule has 22 heavy (non-hydrogen) atoms. The first-order chi connectivity index (χ1) is 10.9. The molecule has 0 bridgehead atoms. The minimum Gasteiger partial charge on any atom is -0.0574 e. The van der Waals surface area contributed by atoms with Gasteiger partial charge in [0.25, 0.3) is 0 Å². The zero-order valence-corrected chi connectivity index (χ0v) is 12.0. The Hall–Kier alpha value is -2.60. The van der Waals surface area contributed by atoms with Gasteiger partial charge in [0.15, 0.2) is 0 Å². The molecule has 0 saturated carbocycles. The highest BCUT2D eigenvalue weighted by molar-refractivity contribution is 6.35. The van der Waals surface area contributed by atoms with E-state index >= 15 is 0 Å². The second-order valence-corrected chi connectivity index (χ2v) is 6.94. The fraction of sp³-hybridized carbons (Fsp3) is 0.0909. The minimum absolute atomic E-state index is 1.15. The molecule has 5 aromatic carbocycles. The van der Waals surface area contributed by atoms with Crippen LogP contribution in [-0.4, -0.2) is 0 Å². The highest BCUT2D eigenvalue weighted by Gasteiger charge is 2.25. The summed E-state index contributed by atoms with van der Waals surface area (Å²) in [6, 6.07) is 18.8. The van der Waals surface area contributed by atoms with E-state index in [1.807, 2.05) is 0 Å². The number of hydrogen-bond donors (Lipinski definition) is 0. The molecule has 2 aliphatic rings. The first-order valence-electron chi connectivity index (χ1n) is 8.06. The molecule has 0 heterocycles. The summed E-state index contributed by atoms with van der Waals surface area (Å²) in [4.78, 5) is 0. The molecule has 7 rings (SSSR count). The maximum atomic E-state index is 2.36. The van der Waals surface area contributed by atoms with E-state index < -0.39 is 0 Å². The molecular weight excluding hydrogens is 264 g/mol. The molecule has 100 valence electrons. The van der Waals surface area contributed by atoms with E-state index in [1.54, 1.807) is 0 Å². The molecule has 2 aliphatic carbocycles. The Bertz CT molecular complexity index is 1110. The summed E-state index contributed by atoms with van der Waals surface area (Å²) in [5.41, 5.74) is 6.09. The van der Waals surface area contributed by atoms with Crippen molar-refractivity contribution >= 4 is 43.1 Å². The molecule has 0 radical (unpaired) electrons. The van der Waals surface area contributed by atoms with Crippen LogP contribution >= 0.6 is 0 Å². The molecule has 0 fully saturated rings. The van der Waals surface area contributed by atoms with Gasteiger partial charge in [0.2, 0.25) is 0 Å². The van der Waals surface area contributed by atoms with Gasteiger partial charge in [0.05, 0.1) is 0 Å². The van der Waals surface area contributed by atoms with Gasteiger partial charge in [-0.25, -0.2) is 0 Å². The molecule has 0 aliphatic heterocycles. The van der Waals surface area contributed by atoms with E-state index in [2.05, 4.69) is 48.5 Å². The third kappa shape index (κ3) is 0.869. The van der Waals surface area contributed by atoms with Crippen LogP contribution in [0.2, 0.25) is 0 Å². The SMILES string of the molecule is c1cc2c3ccc4c5c(ccc(c6ccc7c(c1C7)c26)c53)C4. The highest BCUT2D eigenvalue weighted by Crippen LogP contribution is 2.48. The Morgan fingerprint density at radius 1 is 0.364 bits per heavy atom. The van der Waals surface area contributed by atoms with Gasteiger partial charge < -0.3 is 0 Å². The van der Waals surface area contributed by atoms with Crippen molar-refractivity contribution in [3.63, 3.8) is 0 Å². The van der Waals surface area contributed by atoms with E-state index in [-0.39, 0.29) is 0 Å². The Labute approximate surface area is 127 Å². The van der Waals surface area contributed by atoms with Gasteiger partial charge in [-0.3, -0.25) is 0 Å². The summed E-state index contributed by atoms with van der Waals surface area (Å²) < 4.78 is 0. The van der Waals surface area contributed by atoms with Crippen LogP contribution in [0.25, 0.3) is 43.1 Å². The summed E-state index contributed by atoms with van der Waals surface area (Å²) in [5.74, 6) is 0. The molecule has 0 nitrogen and oxygen atoms in total. The Morgan fingerprint density at radius 2 is 0.682 bits per heavy atom. The molecule has 0 aromatic heterocycles. The van der Waals surface area contributed by atoms with Crippen molar-refractivity contribution in [1.29, 1.82) is 0 Å². The molecule has 0 unspecified atom stereocenters. The van der Waals surface area contributed by atoms with Crippen molar-refractivity contribution < 1.29 is 0 Å². The van der Waals surface area contributed by atoms with Crippen LogP contribution in [-0.2, 0) is 12.8 Å². The largest absolute Gasteiger partial charge is 0.0574 e. The summed E-state index contributed by atoms with van der Waals surface area (Å²) in [6.45, 7) is 0. The molecule has 0 amide bonds. The van der Waals surface area contributed by atoms with Crippen molar-refractivity contribution in [3.05, 3.63) is 70.8 Å². The monoisotopic (exact) mass is 276 g/mol. The second kappa shape index (κ2) is 2.96. The lowest BCUT2D eigenvalue weighted by Gasteiger charge is -2.27. The zero-order chi connectivity index (χ0) is 14.0. The summed E-state index contributed by atoms with van der Waals surface area (Å²) in [7, 11) is 0. The molecule has 0 spiro atoms. The van der Waals surface area contributed by atoms with Crippen LogP contribution in [0.4, 0.5) is 0 Å². The lowest BCUT2D eigenvalue weighted by molar-refractivity contribution is 1.16. The fourth-order valence-electron chi connectivity index (χ4n) is 4.97. The van der Waals surface area contributed by atoms with E-state index in [0.717, 1.165) is 12.8 Å². The van der Waals surface area contributed by atoms with Gasteiger partial charge >= 0.3 is 0 Å². The van der Waals surface area contributed by atoms with Crippen LogP contribution in [0.15, 0.2) is 48.5 Å². The quantitative estimate of drug-likeness (QED) is 0.252. The smallest absolute Gasteiger partial charge is 0.00132 e. The van der Waals surface area contributed by atoms with Crippen LogP contribution < -0.4 is 0 Å². The minimum atomic E-state index is 1.15. The second-order valence-electron chi connectivity index (χ2n) is 6.94. The molecule has 0 heteroatoms. The first-order valence-corrected chi connectivity index (χ1v) is 8.06. The predicted molar refractivity (Wildman–Crippen MR) is 93.3 cm³/mol. The molecule has 0 atom stereocenters. The Morgan fingerprint density at radius 3 is 1.00 bits per heavy atom.